The molecule has 1 aromatic carbocycles. The zero-order chi connectivity index (χ0) is 19.9. The van der Waals surface area contributed by atoms with Gasteiger partial charge in [-0.25, -0.2) is 0 Å². The van der Waals surface area contributed by atoms with Gasteiger partial charge in [-0.3, -0.25) is 0 Å². The van der Waals surface area contributed by atoms with Crippen LogP contribution < -0.4 is 11.2 Å². The van der Waals surface area contributed by atoms with Gasteiger partial charge in [-0.1, -0.05) is 0 Å². The standard InChI is InChI=1S/C16H17ClFN2O7P/c17-10-4-2-1-3-9(10)7-24-28(23)25-8-13-12(27-28)5-14(26-13)20-6-11(18)15(21)19-16(20)22/h1-4,6,12-14,23,28H,5,7-8H2,(H,19,21,22)/t12-,13+,14+/m0/s1. The van der Waals surface area contributed by atoms with Crippen molar-refractivity contribution in [2.24, 2.45) is 0 Å². The van der Waals surface area contributed by atoms with Gasteiger partial charge >= 0.3 is 163 Å². The van der Waals surface area contributed by atoms with E-state index in [1.165, 1.54) is 0 Å². The molecule has 0 amide bonds. The van der Waals surface area contributed by atoms with Crippen molar-refractivity contribution < 1.29 is 27.6 Å². The number of benzene rings is 1. The summed E-state index contributed by atoms with van der Waals surface area (Å²) < 4.78 is 36.6. The van der Waals surface area contributed by atoms with Gasteiger partial charge in [0.2, 0.25) is 0 Å². The fraction of sp³-hybridized carbons (Fsp3) is 0.375. The summed E-state index contributed by atoms with van der Waals surface area (Å²) in [6.07, 6.45) is -1.16. The Labute approximate surface area is 163 Å². The van der Waals surface area contributed by atoms with Gasteiger partial charge in [-0.05, 0) is 0 Å². The average Bonchev–Trinajstić information content (AvgIpc) is 3.06. The molecule has 2 fully saturated rings. The third-order valence-corrected chi connectivity index (χ3v) is 6.52. The van der Waals surface area contributed by atoms with E-state index in [4.69, 9.17) is 29.9 Å². The van der Waals surface area contributed by atoms with Crippen LogP contribution in [0.1, 0.15) is 18.2 Å². The van der Waals surface area contributed by atoms with Crippen LogP contribution in [0.2, 0.25) is 5.02 Å². The van der Waals surface area contributed by atoms with E-state index in [1.54, 1.807) is 24.3 Å². The second-order valence-corrected chi connectivity index (χ2v) is 8.65. The molecular formula is C16H17ClFN2O7P. The first-order chi connectivity index (χ1) is 13.3. The van der Waals surface area contributed by atoms with Crippen molar-refractivity contribution in [2.45, 2.75) is 31.5 Å². The van der Waals surface area contributed by atoms with E-state index in [-0.39, 0.29) is 19.6 Å². The number of rotatable bonds is 4. The Hall–Kier alpha value is -1.65. The quantitative estimate of drug-likeness (QED) is 0.704. The van der Waals surface area contributed by atoms with E-state index in [9.17, 15) is 18.9 Å². The van der Waals surface area contributed by atoms with Crippen LogP contribution in [0, 0.1) is 5.82 Å². The third-order valence-electron chi connectivity index (χ3n) is 4.51. The molecule has 4 rings (SSSR count). The molecule has 0 radical (unpaired) electrons. The number of aromatic amines is 1. The zero-order valence-corrected chi connectivity index (χ0v) is 16.1. The first-order valence-corrected chi connectivity index (χ1v) is 10.5. The van der Waals surface area contributed by atoms with Gasteiger partial charge in [0.1, 0.15) is 0 Å². The fourth-order valence-corrected chi connectivity index (χ4v) is 4.85. The van der Waals surface area contributed by atoms with E-state index in [0.29, 0.717) is 10.6 Å². The third kappa shape index (κ3) is 3.90. The molecule has 3 atom stereocenters. The van der Waals surface area contributed by atoms with Crippen molar-refractivity contribution >= 4 is 19.8 Å². The van der Waals surface area contributed by atoms with Crippen molar-refractivity contribution in [1.29, 1.82) is 0 Å². The number of hydrogen-bond donors (Lipinski definition) is 2. The van der Waals surface area contributed by atoms with Crippen LogP contribution >= 0.6 is 19.8 Å². The number of nitrogens with zero attached hydrogens (tertiary/aromatic N) is 1. The van der Waals surface area contributed by atoms with Crippen LogP contribution in [-0.4, -0.2) is 33.3 Å². The van der Waals surface area contributed by atoms with Crippen molar-refractivity contribution in [3.8, 4) is 0 Å². The molecule has 0 saturated carbocycles. The molecule has 2 saturated heterocycles. The molecule has 0 unspecified atom stereocenters. The predicted molar refractivity (Wildman–Crippen MR) is 97.4 cm³/mol. The summed E-state index contributed by atoms with van der Waals surface area (Å²) in [5, 5.41) is 0.484. The molecule has 3 heterocycles. The topological polar surface area (TPSA) is 112 Å². The molecule has 2 aromatic rings. The summed E-state index contributed by atoms with van der Waals surface area (Å²) in [5.74, 6) is -1.11. The van der Waals surface area contributed by atoms with Crippen molar-refractivity contribution in [3.63, 3.8) is 0 Å². The summed E-state index contributed by atoms with van der Waals surface area (Å²) in [6, 6.07) is 7.00. The van der Waals surface area contributed by atoms with E-state index in [1.807, 2.05) is 4.98 Å². The average molecular weight is 435 g/mol. The van der Waals surface area contributed by atoms with Gasteiger partial charge in [-0.15, -0.1) is 0 Å². The van der Waals surface area contributed by atoms with Crippen LogP contribution in [0.5, 0.6) is 0 Å². The molecule has 9 nitrogen and oxygen atoms in total. The predicted octanol–water partition coefficient (Wildman–Crippen LogP) is 1.65. The molecular weight excluding hydrogens is 418 g/mol. The van der Waals surface area contributed by atoms with Gasteiger partial charge in [0.15, 0.2) is 0 Å². The van der Waals surface area contributed by atoms with E-state index in [2.05, 4.69) is 0 Å². The maximum atomic E-state index is 13.5. The van der Waals surface area contributed by atoms with Crippen LogP contribution in [0.15, 0.2) is 40.1 Å². The molecule has 0 aliphatic carbocycles. The number of halogens is 2. The van der Waals surface area contributed by atoms with Gasteiger partial charge < -0.3 is 0 Å². The van der Waals surface area contributed by atoms with Gasteiger partial charge in [0, 0.05) is 0 Å². The molecule has 2 aliphatic rings. The first kappa shape index (κ1) is 19.7. The summed E-state index contributed by atoms with van der Waals surface area (Å²) >= 11 is 6.07. The van der Waals surface area contributed by atoms with Gasteiger partial charge in [-0.2, -0.15) is 0 Å². The molecule has 0 spiro atoms. The Morgan fingerprint density at radius 3 is 2.93 bits per heavy atom. The second-order valence-electron chi connectivity index (χ2n) is 6.38. The first-order valence-electron chi connectivity index (χ1n) is 8.42. The fourth-order valence-electron chi connectivity index (χ4n) is 3.09. The Morgan fingerprint density at radius 2 is 2.14 bits per heavy atom. The molecule has 2 aliphatic heterocycles. The molecule has 12 heteroatoms. The van der Waals surface area contributed by atoms with Crippen LogP contribution in [0.4, 0.5) is 4.39 Å². The maximum absolute atomic E-state index is 13.5. The summed E-state index contributed by atoms with van der Waals surface area (Å²) in [5.41, 5.74) is -1.25. The van der Waals surface area contributed by atoms with E-state index in [0.717, 1.165) is 10.8 Å². The molecule has 2 N–H and O–H groups in total. The van der Waals surface area contributed by atoms with Gasteiger partial charge in [0.25, 0.3) is 0 Å². The summed E-state index contributed by atoms with van der Waals surface area (Å²) in [6.45, 7) is -0.0261. The summed E-state index contributed by atoms with van der Waals surface area (Å²) in [4.78, 5) is 35.5. The molecule has 1 aromatic heterocycles. The van der Waals surface area contributed by atoms with Crippen molar-refractivity contribution in [3.05, 3.63) is 67.7 Å². The molecule has 28 heavy (non-hydrogen) atoms. The molecule has 152 valence electrons. The van der Waals surface area contributed by atoms with Crippen molar-refractivity contribution in [2.75, 3.05) is 6.61 Å². The molecule has 0 bridgehead atoms. The Balaban J connectivity index is 1.44. The van der Waals surface area contributed by atoms with Gasteiger partial charge in [0.05, 0.1) is 0 Å². The normalized spacial score (nSPS) is 27.3. The monoisotopic (exact) mass is 434 g/mol. The second kappa shape index (κ2) is 7.64. The Morgan fingerprint density at radius 1 is 1.36 bits per heavy atom. The number of ether oxygens (including phenoxy) is 1. The number of H-pyrrole nitrogens is 1. The van der Waals surface area contributed by atoms with Crippen LogP contribution in [-0.2, 0) is 24.9 Å². The Kier molecular flexibility index (Phi) is 5.36. The Bertz CT molecular complexity index is 1000. The number of nitrogens with one attached hydrogen (secondary N) is 1. The minimum atomic E-state index is -3.95. The van der Waals surface area contributed by atoms with Crippen LogP contribution in [0.25, 0.3) is 0 Å². The SMILES string of the molecule is O=c1[nH]c(=O)n([C@H]2C[C@@H]3O[PH](O)(OCc4ccccc4Cl)OC[C@H]3O2)cc1F. The minimum absolute atomic E-state index is 0.00530. The van der Waals surface area contributed by atoms with E-state index < -0.39 is 43.7 Å². The summed E-state index contributed by atoms with van der Waals surface area (Å²) in [7, 11) is -3.95. The number of aromatic nitrogens is 2. The number of hydrogen-bond acceptors (Lipinski definition) is 7. The van der Waals surface area contributed by atoms with Crippen LogP contribution in [0.3, 0.4) is 0 Å². The van der Waals surface area contributed by atoms with E-state index >= 15 is 0 Å². The number of fused-ring (bicyclic) bond motifs is 1. The van der Waals surface area contributed by atoms with Crippen molar-refractivity contribution in [1.82, 2.24) is 9.55 Å². The zero-order valence-electron chi connectivity index (χ0n) is 14.3.